The van der Waals surface area contributed by atoms with Gasteiger partial charge in [-0.3, -0.25) is 14.4 Å². The number of carbonyl (C=O) groups excluding carboxylic acids is 3. The quantitative estimate of drug-likeness (QED) is 0.499. The Morgan fingerprint density at radius 1 is 0.946 bits per heavy atom. The number of esters is 1. The molecule has 2 amide bonds. The van der Waals surface area contributed by atoms with Gasteiger partial charge in [0.2, 0.25) is 11.8 Å². The molecule has 6 atom stereocenters. The average molecular weight is 499 g/mol. The Kier molecular flexibility index (Phi) is 4.20. The molecule has 2 aromatic carbocycles. The van der Waals surface area contributed by atoms with Gasteiger partial charge in [0.15, 0.2) is 5.60 Å². The van der Waals surface area contributed by atoms with Crippen LogP contribution in [0.15, 0.2) is 61.2 Å². The zero-order valence-corrected chi connectivity index (χ0v) is 21.2. The van der Waals surface area contributed by atoms with Crippen molar-refractivity contribution in [2.75, 3.05) is 10.6 Å². The zero-order valence-electron chi connectivity index (χ0n) is 21.2. The number of allylic oxidation sites excluding steroid dienone is 1. The number of carbonyl (C=O) groups is 3. The van der Waals surface area contributed by atoms with Crippen molar-refractivity contribution in [1.29, 1.82) is 0 Å². The Bertz CT molecular complexity index is 1400. The van der Waals surface area contributed by atoms with Crippen molar-refractivity contribution in [2.45, 2.75) is 69.0 Å². The van der Waals surface area contributed by atoms with Crippen LogP contribution in [0.4, 0.5) is 11.4 Å². The van der Waals surface area contributed by atoms with Gasteiger partial charge in [0.05, 0.1) is 0 Å². The molecule has 3 saturated heterocycles. The molecule has 0 aliphatic carbocycles. The fraction of sp³-hybridized carbons (Fsp3) is 0.414. The molecule has 6 unspecified atom stereocenters. The molecule has 5 aliphatic heterocycles. The van der Waals surface area contributed by atoms with Gasteiger partial charge in [0.25, 0.3) is 0 Å². The van der Waals surface area contributed by atoms with E-state index in [1.54, 1.807) is 9.80 Å². The molecule has 0 bridgehead atoms. The van der Waals surface area contributed by atoms with E-state index in [-0.39, 0.29) is 24.4 Å². The maximum Gasteiger partial charge on any atom is 0.303 e. The van der Waals surface area contributed by atoms with Crippen molar-refractivity contribution in [3.05, 3.63) is 72.3 Å². The van der Waals surface area contributed by atoms with Gasteiger partial charge in [0, 0.05) is 35.7 Å². The molecule has 2 N–H and O–H groups in total. The predicted octanol–water partition coefficient (Wildman–Crippen LogP) is 3.31. The predicted molar refractivity (Wildman–Crippen MR) is 137 cm³/mol. The molecule has 5 heterocycles. The van der Waals surface area contributed by atoms with E-state index in [4.69, 9.17) is 4.74 Å². The van der Waals surface area contributed by atoms with Crippen molar-refractivity contribution in [3.63, 3.8) is 0 Å². The second-order valence-electron chi connectivity index (χ2n) is 11.5. The van der Waals surface area contributed by atoms with Crippen LogP contribution in [-0.4, -0.2) is 52.0 Å². The van der Waals surface area contributed by atoms with Gasteiger partial charge >= 0.3 is 5.97 Å². The molecule has 0 spiro atoms. The minimum absolute atomic E-state index is 0.114. The Balaban J connectivity index is 1.35. The third-order valence-electron chi connectivity index (χ3n) is 9.59. The molecule has 8 heteroatoms. The van der Waals surface area contributed by atoms with Crippen LogP contribution in [-0.2, 0) is 30.1 Å². The highest BCUT2D eigenvalue weighted by Gasteiger charge is 2.72. The monoisotopic (exact) mass is 498 g/mol. The SMILES string of the molecule is C=CC(C)(C)C12CC3C(=O)N4C(CC5(OC(C)=O)c6ccccc6NC45)C(=O)N3C1Nc1ccccc12. The summed E-state index contributed by atoms with van der Waals surface area (Å²) >= 11 is 0. The number of anilines is 2. The minimum Gasteiger partial charge on any atom is -0.450 e. The third kappa shape index (κ3) is 2.46. The molecule has 0 saturated carbocycles. The van der Waals surface area contributed by atoms with E-state index in [0.717, 1.165) is 22.5 Å². The van der Waals surface area contributed by atoms with E-state index < -0.39 is 40.6 Å². The lowest BCUT2D eigenvalue weighted by Crippen LogP contribution is -2.66. The highest BCUT2D eigenvalue weighted by molar-refractivity contribution is 6.00. The van der Waals surface area contributed by atoms with Crippen molar-refractivity contribution >= 4 is 29.2 Å². The number of amides is 2. The van der Waals surface area contributed by atoms with Gasteiger partial charge in [0.1, 0.15) is 24.4 Å². The number of nitrogens with zero attached hydrogens (tertiary/aromatic N) is 2. The van der Waals surface area contributed by atoms with Crippen LogP contribution in [0.25, 0.3) is 0 Å². The number of hydrogen-bond acceptors (Lipinski definition) is 6. The summed E-state index contributed by atoms with van der Waals surface area (Å²) in [5, 5.41) is 7.02. The molecule has 190 valence electrons. The van der Waals surface area contributed by atoms with E-state index >= 15 is 0 Å². The Hall–Kier alpha value is -3.81. The lowest BCUT2D eigenvalue weighted by molar-refractivity contribution is -0.163. The second-order valence-corrected chi connectivity index (χ2v) is 11.5. The molecule has 3 fully saturated rings. The van der Waals surface area contributed by atoms with E-state index in [0.29, 0.717) is 6.42 Å². The van der Waals surface area contributed by atoms with Crippen LogP contribution in [0, 0.1) is 5.41 Å². The highest BCUT2D eigenvalue weighted by Crippen LogP contribution is 2.62. The molecule has 2 aromatic rings. The first kappa shape index (κ1) is 22.4. The van der Waals surface area contributed by atoms with Gasteiger partial charge in [-0.25, -0.2) is 0 Å². The Morgan fingerprint density at radius 3 is 2.14 bits per heavy atom. The van der Waals surface area contributed by atoms with Crippen LogP contribution in [0.3, 0.4) is 0 Å². The molecule has 37 heavy (non-hydrogen) atoms. The number of benzene rings is 2. The standard InChI is InChI=1S/C29H30N4O4/c1-5-27(3,4)28-14-21-23(35)33-22(24(36)32(21)25(28)30-19-12-8-6-10-17(19)28)15-29(37-16(2)34)18-11-7-9-13-20(18)31-26(29)33/h5-13,21-22,25-26,30-31H,1,14-15H2,2-4H3. The van der Waals surface area contributed by atoms with Gasteiger partial charge in [-0.05, 0) is 29.5 Å². The molecule has 7 rings (SSSR count). The summed E-state index contributed by atoms with van der Waals surface area (Å²) in [5.41, 5.74) is 1.70. The van der Waals surface area contributed by atoms with Gasteiger partial charge in [-0.15, -0.1) is 6.58 Å². The van der Waals surface area contributed by atoms with Crippen LogP contribution in [0.2, 0.25) is 0 Å². The summed E-state index contributed by atoms with van der Waals surface area (Å²) in [5.74, 6) is -0.669. The van der Waals surface area contributed by atoms with E-state index in [1.165, 1.54) is 6.92 Å². The number of piperazine rings is 1. The van der Waals surface area contributed by atoms with Crippen LogP contribution >= 0.6 is 0 Å². The summed E-state index contributed by atoms with van der Waals surface area (Å²) in [6.45, 7) is 9.77. The van der Waals surface area contributed by atoms with Crippen LogP contribution in [0.5, 0.6) is 0 Å². The molecule has 8 nitrogen and oxygen atoms in total. The van der Waals surface area contributed by atoms with E-state index in [1.807, 2.05) is 48.5 Å². The number of hydrogen-bond donors (Lipinski definition) is 2. The van der Waals surface area contributed by atoms with Crippen LogP contribution in [0.1, 0.15) is 44.7 Å². The summed E-state index contributed by atoms with van der Waals surface area (Å²) in [6, 6.07) is 14.4. The third-order valence-corrected chi connectivity index (χ3v) is 9.59. The normalized spacial score (nSPS) is 34.5. The van der Waals surface area contributed by atoms with E-state index in [9.17, 15) is 14.4 Å². The van der Waals surface area contributed by atoms with Crippen LogP contribution < -0.4 is 10.6 Å². The number of rotatable bonds is 3. The average Bonchev–Trinajstić information content (AvgIpc) is 3.56. The molecular formula is C29H30N4O4. The van der Waals surface area contributed by atoms with Crippen molar-refractivity contribution < 1.29 is 19.1 Å². The second kappa shape index (κ2) is 6.94. The van der Waals surface area contributed by atoms with Crippen molar-refractivity contribution in [3.8, 4) is 0 Å². The summed E-state index contributed by atoms with van der Waals surface area (Å²) in [7, 11) is 0. The number of nitrogens with one attached hydrogen (secondary N) is 2. The Labute approximate surface area is 215 Å². The van der Waals surface area contributed by atoms with Crippen molar-refractivity contribution in [1.82, 2.24) is 9.80 Å². The number of para-hydroxylation sites is 2. The zero-order chi connectivity index (χ0) is 25.9. The number of fused-ring (bicyclic) bond motifs is 10. The van der Waals surface area contributed by atoms with Gasteiger partial charge < -0.3 is 25.2 Å². The fourth-order valence-electron chi connectivity index (χ4n) is 7.87. The molecule has 0 aromatic heterocycles. The first-order valence-corrected chi connectivity index (χ1v) is 12.9. The summed E-state index contributed by atoms with van der Waals surface area (Å²) < 4.78 is 5.99. The first-order chi connectivity index (χ1) is 17.7. The molecule has 0 radical (unpaired) electrons. The topological polar surface area (TPSA) is 91.0 Å². The summed E-state index contributed by atoms with van der Waals surface area (Å²) in [6.07, 6.45) is 1.62. The van der Waals surface area contributed by atoms with Gasteiger partial charge in [-0.1, -0.05) is 56.3 Å². The lowest BCUT2D eigenvalue weighted by Gasteiger charge is -2.45. The maximum absolute atomic E-state index is 14.4. The Morgan fingerprint density at radius 2 is 1.49 bits per heavy atom. The van der Waals surface area contributed by atoms with Gasteiger partial charge in [-0.2, -0.15) is 0 Å². The smallest absolute Gasteiger partial charge is 0.303 e. The molecular weight excluding hydrogens is 468 g/mol. The largest absolute Gasteiger partial charge is 0.450 e. The fourth-order valence-corrected chi connectivity index (χ4v) is 7.87. The minimum atomic E-state index is -1.11. The first-order valence-electron chi connectivity index (χ1n) is 12.9. The molecule has 5 aliphatic rings. The van der Waals surface area contributed by atoms with Crippen molar-refractivity contribution in [2.24, 2.45) is 5.41 Å². The summed E-state index contributed by atoms with van der Waals surface area (Å²) in [4.78, 5) is 44.5. The number of ether oxygens (including phenoxy) is 1. The lowest BCUT2D eigenvalue weighted by atomic mass is 9.60. The maximum atomic E-state index is 14.4. The van der Waals surface area contributed by atoms with E-state index in [2.05, 4.69) is 37.1 Å². The highest BCUT2D eigenvalue weighted by atomic mass is 16.6.